The normalized spacial score (nSPS) is 17.8. The van der Waals surface area contributed by atoms with Crippen LogP contribution >= 0.6 is 15.9 Å². The van der Waals surface area contributed by atoms with Crippen molar-refractivity contribution >= 4 is 33.6 Å². The fourth-order valence-corrected chi connectivity index (χ4v) is 2.73. The first-order valence-electron chi connectivity index (χ1n) is 6.80. The molecule has 0 radical (unpaired) electrons. The van der Waals surface area contributed by atoms with E-state index in [-0.39, 0.29) is 24.5 Å². The molecule has 1 N–H and O–H groups in total. The summed E-state index contributed by atoms with van der Waals surface area (Å²) in [4.78, 5) is 36.5. The largest absolute Gasteiger partial charge is 0.480 e. The summed E-state index contributed by atoms with van der Waals surface area (Å²) < 4.78 is 0.886. The van der Waals surface area contributed by atoms with E-state index in [1.54, 1.807) is 24.3 Å². The molecule has 1 fully saturated rings. The number of likely N-dealkylation sites (tertiary alicyclic amines) is 1. The minimum absolute atomic E-state index is 0.0542. The van der Waals surface area contributed by atoms with Gasteiger partial charge in [-0.1, -0.05) is 28.1 Å². The molecule has 1 atom stereocenters. The van der Waals surface area contributed by atoms with Gasteiger partial charge in [-0.05, 0) is 25.0 Å². The van der Waals surface area contributed by atoms with Crippen LogP contribution in [0.4, 0.5) is 0 Å². The Kier molecular flexibility index (Phi) is 5.12. The Morgan fingerprint density at radius 1 is 1.19 bits per heavy atom. The molecule has 1 aliphatic rings. The highest BCUT2D eigenvalue weighted by Crippen LogP contribution is 2.19. The molecule has 5 nitrogen and oxygen atoms in total. The quantitative estimate of drug-likeness (QED) is 0.825. The van der Waals surface area contributed by atoms with Crippen LogP contribution in [0.25, 0.3) is 0 Å². The molecular weight excluding hydrogens is 338 g/mol. The van der Waals surface area contributed by atoms with Gasteiger partial charge in [-0.2, -0.15) is 0 Å². The van der Waals surface area contributed by atoms with Crippen LogP contribution in [-0.4, -0.2) is 40.3 Å². The van der Waals surface area contributed by atoms with E-state index in [4.69, 9.17) is 5.11 Å². The Morgan fingerprint density at radius 2 is 1.86 bits per heavy atom. The highest BCUT2D eigenvalue weighted by Gasteiger charge is 2.33. The SMILES string of the molecule is O=C(CCC(=O)N1CCC[C@H]1C(=O)O)c1ccc(Br)cc1. The van der Waals surface area contributed by atoms with Crippen molar-refractivity contribution in [2.75, 3.05) is 6.54 Å². The third-order valence-corrected chi connectivity index (χ3v) is 4.12. The first-order valence-corrected chi connectivity index (χ1v) is 7.59. The zero-order valence-electron chi connectivity index (χ0n) is 11.4. The Morgan fingerprint density at radius 3 is 2.48 bits per heavy atom. The van der Waals surface area contributed by atoms with E-state index in [0.717, 1.165) is 4.47 Å². The number of carboxylic acid groups (broad SMARTS) is 1. The Labute approximate surface area is 131 Å². The van der Waals surface area contributed by atoms with Crippen molar-refractivity contribution in [2.45, 2.75) is 31.7 Å². The predicted octanol–water partition coefficient (Wildman–Crippen LogP) is 2.49. The monoisotopic (exact) mass is 353 g/mol. The van der Waals surface area contributed by atoms with Crippen LogP contribution in [0.1, 0.15) is 36.0 Å². The van der Waals surface area contributed by atoms with E-state index < -0.39 is 12.0 Å². The standard InChI is InChI=1S/C15H16BrNO4/c16-11-5-3-10(4-6-11)13(18)7-8-14(19)17-9-1-2-12(17)15(20)21/h3-6,12H,1-2,7-9H2,(H,20,21)/t12-/m0/s1. The zero-order chi connectivity index (χ0) is 15.4. The summed E-state index contributed by atoms with van der Waals surface area (Å²) in [6.07, 6.45) is 1.34. The maximum atomic E-state index is 12.1. The minimum Gasteiger partial charge on any atom is -0.480 e. The number of aliphatic carboxylic acids is 1. The van der Waals surface area contributed by atoms with E-state index in [1.165, 1.54) is 4.90 Å². The third kappa shape index (κ3) is 3.91. The van der Waals surface area contributed by atoms with Crippen LogP contribution in [0, 0.1) is 0 Å². The first-order chi connectivity index (χ1) is 9.99. The summed E-state index contributed by atoms with van der Waals surface area (Å²) >= 11 is 3.29. The van der Waals surface area contributed by atoms with Gasteiger partial charge < -0.3 is 10.0 Å². The lowest BCUT2D eigenvalue weighted by molar-refractivity contribution is -0.148. The molecule has 1 amide bonds. The van der Waals surface area contributed by atoms with Gasteiger partial charge in [0.05, 0.1) is 0 Å². The van der Waals surface area contributed by atoms with Crippen LogP contribution in [0.2, 0.25) is 0 Å². The maximum absolute atomic E-state index is 12.1. The van der Waals surface area contributed by atoms with E-state index in [0.29, 0.717) is 24.9 Å². The van der Waals surface area contributed by atoms with Crippen molar-refractivity contribution in [3.63, 3.8) is 0 Å². The molecule has 0 unspecified atom stereocenters. The van der Waals surface area contributed by atoms with Crippen LogP contribution < -0.4 is 0 Å². The van der Waals surface area contributed by atoms with Crippen LogP contribution in [0.15, 0.2) is 28.7 Å². The fraction of sp³-hybridized carbons (Fsp3) is 0.400. The van der Waals surface area contributed by atoms with Gasteiger partial charge in [-0.25, -0.2) is 4.79 Å². The van der Waals surface area contributed by atoms with E-state index in [2.05, 4.69) is 15.9 Å². The average molecular weight is 354 g/mol. The molecule has 0 bridgehead atoms. The van der Waals surface area contributed by atoms with E-state index in [9.17, 15) is 14.4 Å². The number of Topliss-reactive ketones (excluding diaryl/α,β-unsaturated/α-hetero) is 1. The average Bonchev–Trinajstić information content (AvgIpc) is 2.95. The number of amides is 1. The summed E-state index contributed by atoms with van der Waals surface area (Å²) in [6, 6.07) is 6.21. The number of halogens is 1. The molecule has 1 aliphatic heterocycles. The number of carboxylic acids is 1. The molecule has 6 heteroatoms. The molecule has 21 heavy (non-hydrogen) atoms. The van der Waals surface area contributed by atoms with Gasteiger partial charge in [0, 0.05) is 29.4 Å². The van der Waals surface area contributed by atoms with Gasteiger partial charge >= 0.3 is 5.97 Å². The minimum atomic E-state index is -0.972. The van der Waals surface area contributed by atoms with Crippen LogP contribution in [-0.2, 0) is 9.59 Å². The van der Waals surface area contributed by atoms with Gasteiger partial charge in [0.25, 0.3) is 0 Å². The maximum Gasteiger partial charge on any atom is 0.326 e. The smallest absolute Gasteiger partial charge is 0.326 e. The number of nitrogens with zero attached hydrogens (tertiary/aromatic N) is 1. The summed E-state index contributed by atoms with van der Waals surface area (Å²) in [5.74, 6) is -1.34. The molecule has 1 aromatic rings. The second-order valence-corrected chi connectivity index (χ2v) is 5.93. The van der Waals surface area contributed by atoms with Gasteiger partial charge in [-0.3, -0.25) is 9.59 Å². The Balaban J connectivity index is 1.90. The number of carbonyl (C=O) groups excluding carboxylic acids is 2. The number of hydrogen-bond donors (Lipinski definition) is 1. The van der Waals surface area contributed by atoms with Gasteiger partial charge in [0.1, 0.15) is 6.04 Å². The van der Waals surface area contributed by atoms with Crippen molar-refractivity contribution in [3.8, 4) is 0 Å². The summed E-state index contributed by atoms with van der Waals surface area (Å²) in [6.45, 7) is 0.461. The molecule has 112 valence electrons. The summed E-state index contributed by atoms with van der Waals surface area (Å²) in [5, 5.41) is 9.05. The van der Waals surface area contributed by atoms with Gasteiger partial charge in [-0.15, -0.1) is 0 Å². The van der Waals surface area contributed by atoms with Crippen molar-refractivity contribution in [1.82, 2.24) is 4.90 Å². The molecule has 0 aliphatic carbocycles. The van der Waals surface area contributed by atoms with Crippen molar-refractivity contribution in [2.24, 2.45) is 0 Å². The molecule has 0 aromatic heterocycles. The van der Waals surface area contributed by atoms with Gasteiger partial charge in [0.15, 0.2) is 5.78 Å². The fourth-order valence-electron chi connectivity index (χ4n) is 2.47. The number of rotatable bonds is 5. The summed E-state index contributed by atoms with van der Waals surface area (Å²) in [7, 11) is 0. The Bertz CT molecular complexity index is 555. The number of carbonyl (C=O) groups is 3. The highest BCUT2D eigenvalue weighted by molar-refractivity contribution is 9.10. The highest BCUT2D eigenvalue weighted by atomic mass is 79.9. The number of benzene rings is 1. The van der Waals surface area contributed by atoms with Gasteiger partial charge in [0.2, 0.25) is 5.91 Å². The molecule has 0 saturated carbocycles. The van der Waals surface area contributed by atoms with E-state index >= 15 is 0 Å². The topological polar surface area (TPSA) is 74.7 Å². The third-order valence-electron chi connectivity index (χ3n) is 3.59. The Hall–Kier alpha value is -1.69. The zero-order valence-corrected chi connectivity index (χ0v) is 13.0. The molecule has 1 aromatic carbocycles. The first kappa shape index (κ1) is 15.7. The number of hydrogen-bond acceptors (Lipinski definition) is 3. The molecule has 1 heterocycles. The van der Waals surface area contributed by atoms with Crippen molar-refractivity contribution < 1.29 is 19.5 Å². The lowest BCUT2D eigenvalue weighted by atomic mass is 10.1. The van der Waals surface area contributed by atoms with E-state index in [1.807, 2.05) is 0 Å². The molecule has 2 rings (SSSR count). The summed E-state index contributed by atoms with van der Waals surface area (Å²) in [5.41, 5.74) is 0.558. The number of ketones is 1. The van der Waals surface area contributed by atoms with Crippen LogP contribution in [0.3, 0.4) is 0 Å². The molecule has 1 saturated heterocycles. The lowest BCUT2D eigenvalue weighted by Crippen LogP contribution is -2.40. The van der Waals surface area contributed by atoms with Crippen molar-refractivity contribution in [1.29, 1.82) is 0 Å². The molecule has 0 spiro atoms. The second-order valence-electron chi connectivity index (χ2n) is 5.01. The van der Waals surface area contributed by atoms with Crippen molar-refractivity contribution in [3.05, 3.63) is 34.3 Å². The second kappa shape index (κ2) is 6.85. The molecular formula is C15H16BrNO4. The van der Waals surface area contributed by atoms with Crippen LogP contribution in [0.5, 0.6) is 0 Å². The lowest BCUT2D eigenvalue weighted by Gasteiger charge is -2.21. The predicted molar refractivity (Wildman–Crippen MR) is 80.1 cm³/mol.